The summed E-state index contributed by atoms with van der Waals surface area (Å²) in [5.74, 6) is 1.17. The van der Waals surface area contributed by atoms with Gasteiger partial charge in [0.25, 0.3) is 0 Å². The van der Waals surface area contributed by atoms with Crippen LogP contribution in [0.4, 0.5) is 0 Å². The van der Waals surface area contributed by atoms with Gasteiger partial charge in [0, 0.05) is 19.2 Å². The molecule has 0 spiro atoms. The first kappa shape index (κ1) is 14.9. The van der Waals surface area contributed by atoms with Gasteiger partial charge in [0.15, 0.2) is 0 Å². The van der Waals surface area contributed by atoms with Gasteiger partial charge in [-0.2, -0.15) is 0 Å². The van der Waals surface area contributed by atoms with E-state index in [0.717, 1.165) is 26.2 Å². The quantitative estimate of drug-likeness (QED) is 0.577. The third-order valence-corrected chi connectivity index (χ3v) is 2.49. The van der Waals surface area contributed by atoms with Crippen molar-refractivity contribution in [1.82, 2.24) is 5.32 Å². The van der Waals surface area contributed by atoms with E-state index in [1.165, 1.54) is 0 Å². The summed E-state index contributed by atoms with van der Waals surface area (Å²) in [7, 11) is 0. The number of ether oxygens (including phenoxy) is 1. The van der Waals surface area contributed by atoms with Crippen LogP contribution in [-0.2, 0) is 4.74 Å². The summed E-state index contributed by atoms with van der Waals surface area (Å²) in [5, 5.41) is 12.4. The fraction of sp³-hybridized carbons (Fsp3) is 1.00. The first-order valence-electron chi connectivity index (χ1n) is 6.00. The van der Waals surface area contributed by atoms with Crippen LogP contribution in [0.15, 0.2) is 0 Å². The number of hydrogen-bond donors (Lipinski definition) is 2. The smallest absolute Gasteiger partial charge is 0.0591 e. The third kappa shape index (κ3) is 8.85. The Bertz CT molecular complexity index is 138. The topological polar surface area (TPSA) is 41.5 Å². The maximum atomic E-state index is 9.07. The Hall–Kier alpha value is -0.120. The maximum absolute atomic E-state index is 9.07. The van der Waals surface area contributed by atoms with Gasteiger partial charge in [-0.25, -0.2) is 0 Å². The van der Waals surface area contributed by atoms with Crippen LogP contribution in [0.2, 0.25) is 0 Å². The van der Waals surface area contributed by atoms with Crippen LogP contribution >= 0.6 is 0 Å². The minimum absolute atomic E-state index is 0.193. The van der Waals surface area contributed by atoms with Gasteiger partial charge in [0.05, 0.1) is 13.2 Å². The molecule has 0 rings (SSSR count). The standard InChI is InChI=1S/C12H27NO2/c1-10(2)5-7-15-8-6-13-12(9-14)11(3)4/h10-14H,5-9H2,1-4H3. The molecule has 15 heavy (non-hydrogen) atoms. The highest BCUT2D eigenvalue weighted by Crippen LogP contribution is 2.00. The molecule has 0 saturated carbocycles. The Morgan fingerprint density at radius 2 is 1.80 bits per heavy atom. The van der Waals surface area contributed by atoms with Crippen LogP contribution in [0.5, 0.6) is 0 Å². The molecular weight excluding hydrogens is 190 g/mol. The largest absolute Gasteiger partial charge is 0.395 e. The first-order chi connectivity index (χ1) is 7.07. The van der Waals surface area contributed by atoms with Gasteiger partial charge in [0.2, 0.25) is 0 Å². The van der Waals surface area contributed by atoms with Crippen molar-refractivity contribution in [3.8, 4) is 0 Å². The van der Waals surface area contributed by atoms with Gasteiger partial charge >= 0.3 is 0 Å². The number of aliphatic hydroxyl groups excluding tert-OH is 1. The lowest BCUT2D eigenvalue weighted by atomic mass is 10.1. The summed E-state index contributed by atoms with van der Waals surface area (Å²) in [4.78, 5) is 0. The van der Waals surface area contributed by atoms with E-state index in [1.807, 2.05) is 0 Å². The van der Waals surface area contributed by atoms with Crippen LogP contribution in [0, 0.1) is 11.8 Å². The lowest BCUT2D eigenvalue weighted by Gasteiger charge is -2.19. The molecule has 0 aliphatic heterocycles. The van der Waals surface area contributed by atoms with Gasteiger partial charge in [-0.1, -0.05) is 27.7 Å². The molecule has 3 heteroatoms. The third-order valence-electron chi connectivity index (χ3n) is 2.49. The van der Waals surface area contributed by atoms with Gasteiger partial charge in [-0.3, -0.25) is 0 Å². The second kappa shape index (κ2) is 9.13. The van der Waals surface area contributed by atoms with E-state index in [4.69, 9.17) is 9.84 Å². The molecule has 0 fully saturated rings. The van der Waals surface area contributed by atoms with E-state index >= 15 is 0 Å². The van der Waals surface area contributed by atoms with Crippen LogP contribution in [0.3, 0.4) is 0 Å². The molecule has 1 unspecified atom stereocenters. The molecule has 3 nitrogen and oxygen atoms in total. The lowest BCUT2D eigenvalue weighted by molar-refractivity contribution is 0.117. The molecule has 0 heterocycles. The highest BCUT2D eigenvalue weighted by Gasteiger charge is 2.09. The minimum atomic E-state index is 0.193. The average Bonchev–Trinajstić information content (AvgIpc) is 2.15. The number of hydrogen-bond acceptors (Lipinski definition) is 3. The zero-order valence-corrected chi connectivity index (χ0v) is 10.6. The summed E-state index contributed by atoms with van der Waals surface area (Å²) in [6.07, 6.45) is 1.12. The highest BCUT2D eigenvalue weighted by molar-refractivity contribution is 4.68. The van der Waals surface area contributed by atoms with Crippen molar-refractivity contribution in [1.29, 1.82) is 0 Å². The SMILES string of the molecule is CC(C)CCOCCNC(CO)C(C)C. The minimum Gasteiger partial charge on any atom is -0.395 e. The zero-order chi connectivity index (χ0) is 11.7. The Morgan fingerprint density at radius 1 is 1.13 bits per heavy atom. The number of nitrogens with one attached hydrogen (secondary N) is 1. The normalized spacial score (nSPS) is 13.8. The van der Waals surface area contributed by atoms with Crippen molar-refractivity contribution in [3.05, 3.63) is 0 Å². The Kier molecular flexibility index (Phi) is 9.06. The summed E-state index contributed by atoms with van der Waals surface area (Å²) >= 11 is 0. The molecule has 2 N–H and O–H groups in total. The van der Waals surface area contributed by atoms with Crippen molar-refractivity contribution in [2.75, 3.05) is 26.4 Å². The van der Waals surface area contributed by atoms with E-state index in [1.54, 1.807) is 0 Å². The number of aliphatic hydroxyl groups is 1. The Morgan fingerprint density at radius 3 is 2.27 bits per heavy atom. The molecule has 0 bridgehead atoms. The first-order valence-corrected chi connectivity index (χ1v) is 6.00. The molecule has 0 aromatic carbocycles. The van der Waals surface area contributed by atoms with Crippen molar-refractivity contribution in [3.63, 3.8) is 0 Å². The fourth-order valence-electron chi connectivity index (χ4n) is 1.25. The fourth-order valence-corrected chi connectivity index (χ4v) is 1.25. The van der Waals surface area contributed by atoms with E-state index < -0.39 is 0 Å². The molecule has 0 radical (unpaired) electrons. The number of rotatable bonds is 9. The highest BCUT2D eigenvalue weighted by atomic mass is 16.5. The predicted molar refractivity (Wildman–Crippen MR) is 64.0 cm³/mol. The Labute approximate surface area is 94.2 Å². The monoisotopic (exact) mass is 217 g/mol. The molecule has 0 saturated heterocycles. The van der Waals surface area contributed by atoms with Gasteiger partial charge in [-0.15, -0.1) is 0 Å². The van der Waals surface area contributed by atoms with Crippen LogP contribution in [-0.4, -0.2) is 37.5 Å². The van der Waals surface area contributed by atoms with Crippen molar-refractivity contribution < 1.29 is 9.84 Å². The van der Waals surface area contributed by atoms with Crippen molar-refractivity contribution >= 4 is 0 Å². The van der Waals surface area contributed by atoms with E-state index in [9.17, 15) is 0 Å². The summed E-state index contributed by atoms with van der Waals surface area (Å²) in [6.45, 7) is 11.2. The summed E-state index contributed by atoms with van der Waals surface area (Å²) in [6, 6.07) is 0.193. The summed E-state index contributed by atoms with van der Waals surface area (Å²) in [5.41, 5.74) is 0. The van der Waals surface area contributed by atoms with Gasteiger partial charge < -0.3 is 15.2 Å². The van der Waals surface area contributed by atoms with Crippen LogP contribution < -0.4 is 5.32 Å². The van der Waals surface area contributed by atoms with Crippen LogP contribution in [0.25, 0.3) is 0 Å². The molecular formula is C12H27NO2. The predicted octanol–water partition coefficient (Wildman–Crippen LogP) is 1.66. The van der Waals surface area contributed by atoms with Crippen molar-refractivity contribution in [2.45, 2.75) is 40.2 Å². The van der Waals surface area contributed by atoms with Crippen molar-refractivity contribution in [2.24, 2.45) is 11.8 Å². The van der Waals surface area contributed by atoms with E-state index in [0.29, 0.717) is 11.8 Å². The van der Waals surface area contributed by atoms with Gasteiger partial charge in [0.1, 0.15) is 0 Å². The second-order valence-corrected chi connectivity index (χ2v) is 4.78. The lowest BCUT2D eigenvalue weighted by Crippen LogP contribution is -2.38. The van der Waals surface area contributed by atoms with Gasteiger partial charge in [-0.05, 0) is 18.3 Å². The second-order valence-electron chi connectivity index (χ2n) is 4.78. The maximum Gasteiger partial charge on any atom is 0.0591 e. The average molecular weight is 217 g/mol. The molecule has 1 atom stereocenters. The molecule has 0 amide bonds. The van der Waals surface area contributed by atoms with Crippen LogP contribution in [0.1, 0.15) is 34.1 Å². The van der Waals surface area contributed by atoms with E-state index in [2.05, 4.69) is 33.0 Å². The molecule has 92 valence electrons. The Balaban J connectivity index is 3.29. The molecule has 0 aromatic heterocycles. The zero-order valence-electron chi connectivity index (χ0n) is 10.6. The van der Waals surface area contributed by atoms with E-state index in [-0.39, 0.29) is 12.6 Å². The molecule has 0 aliphatic carbocycles. The molecule has 0 aromatic rings. The summed E-state index contributed by atoms with van der Waals surface area (Å²) < 4.78 is 5.47. The molecule has 0 aliphatic rings.